The van der Waals surface area contributed by atoms with Crippen molar-refractivity contribution in [3.63, 3.8) is 0 Å². The highest BCUT2D eigenvalue weighted by atomic mass is 14.6. The molecule has 0 amide bonds. The van der Waals surface area contributed by atoms with Gasteiger partial charge in [0.15, 0.2) is 0 Å². The van der Waals surface area contributed by atoms with Gasteiger partial charge >= 0.3 is 0 Å². The third-order valence-corrected chi connectivity index (χ3v) is 2.79. The van der Waals surface area contributed by atoms with Crippen LogP contribution >= 0.6 is 0 Å². The molecule has 0 spiro atoms. The van der Waals surface area contributed by atoms with Crippen LogP contribution < -0.4 is 5.73 Å². The second-order valence-corrected chi connectivity index (χ2v) is 3.68. The van der Waals surface area contributed by atoms with Crippen molar-refractivity contribution in [2.45, 2.75) is 40.5 Å². The smallest absolute Gasteiger partial charge is 0.00439 e. The number of nitrogens with two attached hydrogens (primary N) is 1. The molecule has 62 valence electrons. The first-order chi connectivity index (χ1) is 4.58. The van der Waals surface area contributed by atoms with Crippen LogP contribution in [0.5, 0.6) is 0 Å². The third-order valence-electron chi connectivity index (χ3n) is 2.79. The van der Waals surface area contributed by atoms with E-state index in [1.807, 2.05) is 0 Å². The van der Waals surface area contributed by atoms with E-state index in [2.05, 4.69) is 27.7 Å². The molecule has 0 aliphatic carbocycles. The number of hydrogen-bond acceptors (Lipinski definition) is 1. The quantitative estimate of drug-likeness (QED) is 0.642. The largest absolute Gasteiger partial charge is 0.330 e. The molecule has 0 saturated heterocycles. The first kappa shape index (κ1) is 9.96. The predicted octanol–water partition coefficient (Wildman–Crippen LogP) is 2.41. The molecule has 0 aliphatic heterocycles. The number of hydrogen-bond donors (Lipinski definition) is 1. The second kappa shape index (κ2) is 3.97. The van der Waals surface area contributed by atoms with Crippen molar-refractivity contribution < 1.29 is 0 Å². The first-order valence-corrected chi connectivity index (χ1v) is 4.28. The van der Waals surface area contributed by atoms with Crippen molar-refractivity contribution in [1.82, 2.24) is 0 Å². The number of rotatable bonds is 4. The van der Waals surface area contributed by atoms with Crippen LogP contribution in [0.1, 0.15) is 40.5 Å². The molecule has 1 nitrogen and oxygen atoms in total. The van der Waals surface area contributed by atoms with Crippen LogP contribution in [0.3, 0.4) is 0 Å². The average molecular weight is 143 g/mol. The fourth-order valence-corrected chi connectivity index (χ4v) is 1.33. The molecular weight excluding hydrogens is 122 g/mol. The van der Waals surface area contributed by atoms with E-state index in [1.54, 1.807) is 0 Å². The van der Waals surface area contributed by atoms with Gasteiger partial charge in [-0.1, -0.05) is 40.5 Å². The molecule has 1 atom stereocenters. The van der Waals surface area contributed by atoms with Crippen molar-refractivity contribution >= 4 is 0 Å². The van der Waals surface area contributed by atoms with Crippen LogP contribution in [-0.4, -0.2) is 6.54 Å². The average Bonchev–Trinajstić information content (AvgIpc) is 1.90. The van der Waals surface area contributed by atoms with Gasteiger partial charge in [-0.3, -0.25) is 0 Å². The summed E-state index contributed by atoms with van der Waals surface area (Å²) in [6, 6.07) is 0. The lowest BCUT2D eigenvalue weighted by atomic mass is 9.75. The summed E-state index contributed by atoms with van der Waals surface area (Å²) < 4.78 is 0. The zero-order valence-corrected chi connectivity index (χ0v) is 7.78. The Morgan fingerprint density at radius 2 is 1.80 bits per heavy atom. The van der Waals surface area contributed by atoms with Gasteiger partial charge in [0.1, 0.15) is 0 Å². The molecule has 0 rings (SSSR count). The van der Waals surface area contributed by atoms with Gasteiger partial charge in [0, 0.05) is 0 Å². The summed E-state index contributed by atoms with van der Waals surface area (Å²) in [4.78, 5) is 0. The molecule has 0 aromatic rings. The highest BCUT2D eigenvalue weighted by molar-refractivity contribution is 4.76. The van der Waals surface area contributed by atoms with E-state index in [1.165, 1.54) is 12.8 Å². The molecule has 1 heteroatoms. The summed E-state index contributed by atoms with van der Waals surface area (Å²) in [7, 11) is 0. The molecule has 1 unspecified atom stereocenters. The van der Waals surface area contributed by atoms with Gasteiger partial charge in [-0.15, -0.1) is 0 Å². The molecule has 10 heavy (non-hydrogen) atoms. The van der Waals surface area contributed by atoms with Crippen LogP contribution in [0.2, 0.25) is 0 Å². The zero-order chi connectivity index (χ0) is 8.20. The fourth-order valence-electron chi connectivity index (χ4n) is 1.33. The van der Waals surface area contributed by atoms with Gasteiger partial charge in [0.05, 0.1) is 0 Å². The summed E-state index contributed by atoms with van der Waals surface area (Å²) in [6.07, 6.45) is 2.43. The molecule has 0 aliphatic rings. The maximum atomic E-state index is 5.64. The summed E-state index contributed by atoms with van der Waals surface area (Å²) >= 11 is 0. The summed E-state index contributed by atoms with van der Waals surface area (Å²) in [5, 5.41) is 0. The van der Waals surface area contributed by atoms with Crippen molar-refractivity contribution in [3.8, 4) is 0 Å². The van der Waals surface area contributed by atoms with E-state index in [4.69, 9.17) is 5.73 Å². The molecule has 0 aromatic carbocycles. The standard InChI is InChI=1S/C9H21N/c1-5-8(7-10)9(3,4)6-2/h8H,5-7,10H2,1-4H3. The Morgan fingerprint density at radius 1 is 1.30 bits per heavy atom. The van der Waals surface area contributed by atoms with E-state index in [0.29, 0.717) is 11.3 Å². The minimum Gasteiger partial charge on any atom is -0.330 e. The Bertz CT molecular complexity index is 82.7. The molecule has 0 saturated carbocycles. The van der Waals surface area contributed by atoms with E-state index in [9.17, 15) is 0 Å². The van der Waals surface area contributed by atoms with Crippen LogP contribution in [0, 0.1) is 11.3 Å². The van der Waals surface area contributed by atoms with Crippen molar-refractivity contribution in [2.24, 2.45) is 17.1 Å². The maximum Gasteiger partial charge on any atom is -0.00439 e. The Labute approximate surface area is 65.0 Å². The van der Waals surface area contributed by atoms with Gasteiger partial charge in [0.25, 0.3) is 0 Å². The van der Waals surface area contributed by atoms with Crippen LogP contribution in [0.15, 0.2) is 0 Å². The lowest BCUT2D eigenvalue weighted by Gasteiger charge is -2.31. The topological polar surface area (TPSA) is 26.0 Å². The van der Waals surface area contributed by atoms with Gasteiger partial charge in [0.2, 0.25) is 0 Å². The molecule has 0 bridgehead atoms. The Hall–Kier alpha value is -0.0400. The third kappa shape index (κ3) is 2.30. The molecule has 0 fully saturated rings. The Kier molecular flexibility index (Phi) is 3.95. The molecular formula is C9H21N. The normalized spacial score (nSPS) is 15.3. The monoisotopic (exact) mass is 143 g/mol. The SMILES string of the molecule is CCC(CN)C(C)(C)CC. The van der Waals surface area contributed by atoms with E-state index in [0.717, 1.165) is 6.54 Å². The predicted molar refractivity (Wildman–Crippen MR) is 46.9 cm³/mol. The molecule has 0 aromatic heterocycles. The zero-order valence-electron chi connectivity index (χ0n) is 7.78. The van der Waals surface area contributed by atoms with Crippen LogP contribution in [-0.2, 0) is 0 Å². The highest BCUT2D eigenvalue weighted by Gasteiger charge is 2.24. The van der Waals surface area contributed by atoms with Gasteiger partial charge < -0.3 is 5.73 Å². The van der Waals surface area contributed by atoms with E-state index < -0.39 is 0 Å². The van der Waals surface area contributed by atoms with E-state index >= 15 is 0 Å². The first-order valence-electron chi connectivity index (χ1n) is 4.28. The van der Waals surface area contributed by atoms with Gasteiger partial charge in [-0.2, -0.15) is 0 Å². The minimum absolute atomic E-state index is 0.434. The fraction of sp³-hybridized carbons (Fsp3) is 1.00. The lowest BCUT2D eigenvalue weighted by molar-refractivity contribution is 0.203. The summed E-state index contributed by atoms with van der Waals surface area (Å²) in [5.41, 5.74) is 6.08. The van der Waals surface area contributed by atoms with Gasteiger partial charge in [-0.05, 0) is 17.9 Å². The van der Waals surface area contributed by atoms with Crippen molar-refractivity contribution in [2.75, 3.05) is 6.54 Å². The van der Waals surface area contributed by atoms with Crippen molar-refractivity contribution in [1.29, 1.82) is 0 Å². The van der Waals surface area contributed by atoms with Crippen LogP contribution in [0.25, 0.3) is 0 Å². The Balaban J connectivity index is 3.97. The van der Waals surface area contributed by atoms with Crippen LogP contribution in [0.4, 0.5) is 0 Å². The minimum atomic E-state index is 0.434. The Morgan fingerprint density at radius 3 is 1.90 bits per heavy atom. The van der Waals surface area contributed by atoms with E-state index in [-0.39, 0.29) is 0 Å². The molecule has 2 N–H and O–H groups in total. The molecule has 0 radical (unpaired) electrons. The maximum absolute atomic E-state index is 5.64. The molecule has 0 heterocycles. The van der Waals surface area contributed by atoms with Crippen molar-refractivity contribution in [3.05, 3.63) is 0 Å². The lowest BCUT2D eigenvalue weighted by Crippen LogP contribution is -2.29. The second-order valence-electron chi connectivity index (χ2n) is 3.68. The van der Waals surface area contributed by atoms with Gasteiger partial charge in [-0.25, -0.2) is 0 Å². The summed E-state index contributed by atoms with van der Waals surface area (Å²) in [6.45, 7) is 9.88. The highest BCUT2D eigenvalue weighted by Crippen LogP contribution is 2.31. The summed E-state index contributed by atoms with van der Waals surface area (Å²) in [5.74, 6) is 0.692.